The number of benzene rings is 5. The average Bonchev–Trinajstić information content (AvgIpc) is 3.24. The monoisotopic (exact) mass is 659 g/mol. The Balaban J connectivity index is 1.58. The van der Waals surface area contributed by atoms with Crippen LogP contribution in [0, 0.1) is 34.3 Å². The molecule has 240 valence electrons. The van der Waals surface area contributed by atoms with Gasteiger partial charge in [-0.25, -0.2) is 0 Å². The van der Waals surface area contributed by atoms with Gasteiger partial charge < -0.3 is 4.74 Å². The molecule has 3 heterocycles. The van der Waals surface area contributed by atoms with Crippen LogP contribution in [0.15, 0.2) is 140 Å². The Morgan fingerprint density at radius 1 is 0.500 bits per heavy atom. The van der Waals surface area contributed by atoms with Crippen molar-refractivity contribution in [1.82, 2.24) is 9.97 Å². The maximum atomic E-state index is 8.76. The quantitative estimate of drug-likeness (QED) is 0.192. The highest BCUT2D eigenvalue weighted by Crippen LogP contribution is 2.30. The second kappa shape index (κ2) is 13.0. The Hall–Kier alpha value is -5.67. The summed E-state index contributed by atoms with van der Waals surface area (Å²) >= 11 is 0. The number of aromatic nitrogens is 2. The lowest BCUT2D eigenvalue weighted by molar-refractivity contribution is 0.487. The molecule has 0 saturated carbocycles. The fourth-order valence-corrected chi connectivity index (χ4v) is 7.13. The van der Waals surface area contributed by atoms with Gasteiger partial charge in [0.25, 0.3) is 0 Å². The molecule has 0 atom stereocenters. The molecular weight excluding hydrogens is 606 g/mol. The van der Waals surface area contributed by atoms with Crippen LogP contribution < -0.4 is 37.5 Å². The Kier molecular flexibility index (Phi) is 4.91. The molecule has 0 radical (unpaired) electrons. The first-order valence-corrected chi connectivity index (χ1v) is 16.1. The minimum absolute atomic E-state index is 0.0516. The molecule has 1 aliphatic heterocycles. The number of aryl methyl sites for hydroxylation is 5. The standard InChI is InChI=1S/C45H38B2N2O/c1-29-14-10-15-30(2)43(29)46-37-21-6-7-22-38(37)47(44-31(3)16-11-17-32(44)4)45-39(46)27-35(41-24-12-18-33(5)49-41)28-42(45)50-36-20-13-19-34(26-36)40-23-8-9-25-48-40/h6-28H,1-5H3/i1D3,2D3,3D3,4D3,5D3. The molecule has 2 aromatic heterocycles. The number of hydrogen-bond acceptors (Lipinski definition) is 3. The second-order valence-corrected chi connectivity index (χ2v) is 12.3. The van der Waals surface area contributed by atoms with Crippen LogP contribution in [0.3, 0.4) is 0 Å². The summed E-state index contributed by atoms with van der Waals surface area (Å²) in [6, 6.07) is 35.1. The van der Waals surface area contributed by atoms with Gasteiger partial charge in [-0.05, 0) is 82.2 Å². The summed E-state index contributed by atoms with van der Waals surface area (Å²) in [5.74, 6) is 0.331. The lowest BCUT2D eigenvalue weighted by Gasteiger charge is -2.36. The Labute approximate surface area is 317 Å². The van der Waals surface area contributed by atoms with Crippen LogP contribution in [-0.2, 0) is 0 Å². The van der Waals surface area contributed by atoms with E-state index in [1.807, 2.05) is 18.2 Å². The van der Waals surface area contributed by atoms with Crippen LogP contribution in [0.4, 0.5) is 0 Å². The van der Waals surface area contributed by atoms with Gasteiger partial charge in [0.15, 0.2) is 0 Å². The van der Waals surface area contributed by atoms with Crippen molar-refractivity contribution in [2.75, 3.05) is 0 Å². The molecule has 3 nitrogen and oxygen atoms in total. The molecule has 0 N–H and O–H groups in total. The van der Waals surface area contributed by atoms with Crippen LogP contribution in [0.5, 0.6) is 11.5 Å². The lowest BCUT2D eigenvalue weighted by atomic mass is 9.20. The molecule has 0 saturated heterocycles. The Bertz CT molecular complexity index is 2860. The third kappa shape index (κ3) is 5.63. The highest BCUT2D eigenvalue weighted by Gasteiger charge is 2.42. The first kappa shape index (κ1) is 18.9. The molecule has 50 heavy (non-hydrogen) atoms. The fraction of sp³-hybridized carbons (Fsp3) is 0.111. The van der Waals surface area contributed by atoms with Gasteiger partial charge >= 0.3 is 0 Å². The summed E-state index contributed by atoms with van der Waals surface area (Å²) in [7, 11) is 0. The summed E-state index contributed by atoms with van der Waals surface area (Å²) < 4.78 is 136. The minimum atomic E-state index is -2.84. The van der Waals surface area contributed by atoms with Crippen molar-refractivity contribution in [3.05, 3.63) is 168 Å². The van der Waals surface area contributed by atoms with Gasteiger partial charge in [-0.1, -0.05) is 141 Å². The van der Waals surface area contributed by atoms with Crippen LogP contribution in [-0.4, -0.2) is 23.4 Å². The molecule has 5 aromatic carbocycles. The molecule has 0 aliphatic carbocycles. The number of rotatable bonds is 6. The van der Waals surface area contributed by atoms with Gasteiger partial charge in [0.05, 0.1) is 11.4 Å². The number of ether oxygens (including phenoxy) is 1. The minimum Gasteiger partial charge on any atom is -0.458 e. The van der Waals surface area contributed by atoms with Crippen molar-refractivity contribution in [2.24, 2.45) is 0 Å². The van der Waals surface area contributed by atoms with E-state index in [-0.39, 0.29) is 72.6 Å². The predicted molar refractivity (Wildman–Crippen MR) is 212 cm³/mol. The third-order valence-electron chi connectivity index (χ3n) is 9.25. The van der Waals surface area contributed by atoms with E-state index in [4.69, 9.17) is 25.3 Å². The average molecular weight is 660 g/mol. The zero-order chi connectivity index (χ0) is 46.9. The number of fused-ring (bicyclic) bond motifs is 2. The summed E-state index contributed by atoms with van der Waals surface area (Å²) in [6.45, 7) is -16.4. The summed E-state index contributed by atoms with van der Waals surface area (Å²) in [5.41, 5.74) is 1.68. The van der Waals surface area contributed by atoms with E-state index in [1.54, 1.807) is 72.9 Å². The van der Waals surface area contributed by atoms with Gasteiger partial charge in [-0.3, -0.25) is 9.97 Å². The van der Waals surface area contributed by atoms with Crippen molar-refractivity contribution >= 4 is 46.2 Å². The first-order chi connectivity index (χ1) is 30.4. The fourth-order valence-electron chi connectivity index (χ4n) is 7.13. The molecule has 8 rings (SSSR count). The van der Waals surface area contributed by atoms with E-state index in [0.29, 0.717) is 22.2 Å². The summed E-state index contributed by atoms with van der Waals surface area (Å²) in [5, 5.41) is 0. The molecule has 0 bridgehead atoms. The van der Waals surface area contributed by atoms with Crippen molar-refractivity contribution < 1.29 is 25.3 Å². The lowest BCUT2D eigenvalue weighted by Crippen LogP contribution is -2.76. The zero-order valence-corrected chi connectivity index (χ0v) is 26.7. The van der Waals surface area contributed by atoms with Crippen LogP contribution in [0.1, 0.15) is 48.5 Å². The molecule has 5 heteroatoms. The van der Waals surface area contributed by atoms with E-state index in [1.165, 1.54) is 48.5 Å². The van der Waals surface area contributed by atoms with Gasteiger partial charge in [0.1, 0.15) is 11.5 Å². The number of hydrogen-bond donors (Lipinski definition) is 0. The second-order valence-electron chi connectivity index (χ2n) is 12.3. The molecule has 0 fully saturated rings. The topological polar surface area (TPSA) is 35.0 Å². The molecule has 1 aliphatic rings. The third-order valence-corrected chi connectivity index (χ3v) is 9.25. The van der Waals surface area contributed by atoms with E-state index in [2.05, 4.69) is 9.97 Å². The highest BCUT2D eigenvalue weighted by atomic mass is 16.5. The molecule has 0 unspecified atom stereocenters. The first-order valence-electron chi connectivity index (χ1n) is 23.6. The molecule has 0 amide bonds. The summed E-state index contributed by atoms with van der Waals surface area (Å²) in [4.78, 5) is 9.02. The maximum absolute atomic E-state index is 8.76. The van der Waals surface area contributed by atoms with Crippen molar-refractivity contribution in [3.63, 3.8) is 0 Å². The smallest absolute Gasteiger partial charge is 0.245 e. The maximum Gasteiger partial charge on any atom is 0.245 e. The summed E-state index contributed by atoms with van der Waals surface area (Å²) in [6.07, 6.45) is 1.64. The molecular formula is C45H38B2N2O. The van der Waals surface area contributed by atoms with E-state index >= 15 is 0 Å². The number of nitrogens with zero attached hydrogens (tertiary/aromatic N) is 2. The SMILES string of the molecule is [2H]C([2H])([2H])c1cccc(-c2cc(Oc3cccc(-c4ccccn4)c3)c3c(c2)B(c2c(C([2H])([2H])[2H])cccc2C([2H])([2H])[2H])c2ccccc2B3c2c(C([2H])([2H])[2H])cccc2C([2H])([2H])[2H])n1. The van der Waals surface area contributed by atoms with Crippen LogP contribution in [0.2, 0.25) is 0 Å². The molecule has 0 spiro atoms. The Morgan fingerprint density at radius 3 is 1.82 bits per heavy atom. The van der Waals surface area contributed by atoms with Crippen LogP contribution in [0.25, 0.3) is 22.5 Å². The van der Waals surface area contributed by atoms with Crippen molar-refractivity contribution in [1.29, 1.82) is 0 Å². The molecule has 7 aromatic rings. The van der Waals surface area contributed by atoms with Crippen LogP contribution >= 0.6 is 0 Å². The van der Waals surface area contributed by atoms with Gasteiger partial charge in [-0.2, -0.15) is 0 Å². The van der Waals surface area contributed by atoms with E-state index in [0.717, 1.165) is 0 Å². The van der Waals surface area contributed by atoms with Gasteiger partial charge in [-0.15, -0.1) is 0 Å². The van der Waals surface area contributed by atoms with Gasteiger partial charge in [0.2, 0.25) is 13.4 Å². The van der Waals surface area contributed by atoms with Crippen molar-refractivity contribution in [3.8, 4) is 34.0 Å². The van der Waals surface area contributed by atoms with Gasteiger partial charge in [0, 0.05) is 43.6 Å². The van der Waals surface area contributed by atoms with E-state index < -0.39 is 47.7 Å². The predicted octanol–water partition coefficient (Wildman–Crippen LogP) is 6.49. The van der Waals surface area contributed by atoms with E-state index in [9.17, 15) is 0 Å². The normalized spacial score (nSPS) is 17.7. The number of pyridine rings is 2. The van der Waals surface area contributed by atoms with Crippen molar-refractivity contribution in [2.45, 2.75) is 34.3 Å². The largest absolute Gasteiger partial charge is 0.458 e. The Morgan fingerprint density at radius 2 is 1.14 bits per heavy atom. The highest BCUT2D eigenvalue weighted by molar-refractivity contribution is 7.12. The zero-order valence-electron chi connectivity index (χ0n) is 41.7.